The molecule has 26 heavy (non-hydrogen) atoms. The normalized spacial score (nSPS) is 28.8. The van der Waals surface area contributed by atoms with Gasteiger partial charge in [-0.15, -0.1) is 0 Å². The Labute approximate surface area is 166 Å². The van der Waals surface area contributed by atoms with Gasteiger partial charge in [-0.05, 0) is 51.9 Å². The minimum absolute atomic E-state index is 0.277. The summed E-state index contributed by atoms with van der Waals surface area (Å²) in [4.78, 5) is 12.0. The van der Waals surface area contributed by atoms with Crippen molar-refractivity contribution in [1.29, 1.82) is 0 Å². The number of carbonyl (C=O) groups excluding carboxylic acids is 1. The summed E-state index contributed by atoms with van der Waals surface area (Å²) in [6.45, 7) is 0. The lowest BCUT2D eigenvalue weighted by molar-refractivity contribution is -0.149. The molecular weight excluding hydrogens is 456 g/mol. The molecule has 0 N–H and O–H groups in total. The number of rotatable bonds is 3. The number of ether oxygens (including phenoxy) is 1. The molecule has 144 valence electrons. The Kier molecular flexibility index (Phi) is 8.44. The molecule has 0 aromatic rings. The average molecular weight is 480 g/mol. The van der Waals surface area contributed by atoms with Crippen molar-refractivity contribution < 1.29 is 22.7 Å². The highest BCUT2D eigenvalue weighted by Gasteiger charge is 2.25. The number of esters is 1. The second-order valence-corrected chi connectivity index (χ2v) is 8.03. The molecule has 0 spiro atoms. The zero-order valence-electron chi connectivity index (χ0n) is 14.6. The summed E-state index contributed by atoms with van der Waals surface area (Å²) in [7, 11) is 0. The Balaban J connectivity index is 2.04. The summed E-state index contributed by atoms with van der Waals surface area (Å²) in [6.07, 6.45) is 10.3. The fourth-order valence-electron chi connectivity index (χ4n) is 3.06. The zero-order valence-corrected chi connectivity index (χ0v) is 16.8. The fraction of sp³-hybridized carbons (Fsp3) is 0.550. The van der Waals surface area contributed by atoms with Crippen molar-refractivity contribution in [3.8, 4) is 0 Å². The van der Waals surface area contributed by atoms with Gasteiger partial charge < -0.3 is 4.74 Å². The molecule has 0 radical (unpaired) electrons. The Morgan fingerprint density at radius 3 is 2.81 bits per heavy atom. The fourth-order valence-corrected chi connectivity index (χ4v) is 3.94. The van der Waals surface area contributed by atoms with Crippen molar-refractivity contribution in [2.24, 2.45) is 5.92 Å². The van der Waals surface area contributed by atoms with Crippen LogP contribution in [0.25, 0.3) is 0 Å². The summed E-state index contributed by atoms with van der Waals surface area (Å²) in [5.41, 5.74) is 1.30. The highest BCUT2D eigenvalue weighted by atomic mass is 127. The van der Waals surface area contributed by atoms with Gasteiger partial charge in [0.25, 0.3) is 0 Å². The number of carbonyl (C=O) groups is 1. The maximum atomic E-state index is 12.2. The molecule has 0 fully saturated rings. The summed E-state index contributed by atoms with van der Waals surface area (Å²) in [6, 6.07) is 0. The van der Waals surface area contributed by atoms with Gasteiger partial charge in [-0.2, -0.15) is 13.2 Å². The second-order valence-electron chi connectivity index (χ2n) is 6.65. The van der Waals surface area contributed by atoms with E-state index in [9.17, 15) is 18.0 Å². The van der Waals surface area contributed by atoms with E-state index in [4.69, 9.17) is 4.74 Å². The minimum Gasteiger partial charge on any atom is -0.462 e. The molecule has 2 aliphatic rings. The predicted octanol–water partition coefficient (Wildman–Crippen LogP) is 6.58. The van der Waals surface area contributed by atoms with Gasteiger partial charge in [0.05, 0.1) is 6.42 Å². The van der Waals surface area contributed by atoms with E-state index in [1.165, 1.54) is 15.2 Å². The van der Waals surface area contributed by atoms with Crippen LogP contribution in [0.2, 0.25) is 0 Å². The van der Waals surface area contributed by atoms with Crippen molar-refractivity contribution in [3.63, 3.8) is 0 Å². The van der Waals surface area contributed by atoms with Gasteiger partial charge in [0.15, 0.2) is 0 Å². The number of hydrogen-bond donors (Lipinski definition) is 0. The lowest BCUT2D eigenvalue weighted by Crippen LogP contribution is -2.17. The van der Waals surface area contributed by atoms with Crippen LogP contribution in [0.1, 0.15) is 51.4 Å². The molecule has 0 unspecified atom stereocenters. The van der Waals surface area contributed by atoms with E-state index in [0.29, 0.717) is 25.2 Å². The van der Waals surface area contributed by atoms with Gasteiger partial charge in [-0.3, -0.25) is 4.79 Å². The molecule has 0 saturated heterocycles. The number of fused-ring (bicyclic) bond motifs is 1. The van der Waals surface area contributed by atoms with Crippen LogP contribution in [0.4, 0.5) is 13.2 Å². The van der Waals surface area contributed by atoms with Gasteiger partial charge in [0.1, 0.15) is 6.10 Å². The molecule has 0 bridgehead atoms. The number of cyclic esters (lactones) is 1. The summed E-state index contributed by atoms with van der Waals surface area (Å²) in [5.74, 6) is 0.0944. The lowest BCUT2D eigenvalue weighted by Gasteiger charge is -2.16. The van der Waals surface area contributed by atoms with Crippen LogP contribution in [0.15, 0.2) is 45.6 Å². The third kappa shape index (κ3) is 8.10. The third-order valence-corrected chi connectivity index (χ3v) is 5.14. The number of allylic oxidation sites excluding steroid dienone is 6. The standard InChI is InChI=1S/C20H24F3IO2/c21-20(22,23)12-6-5-8-18-11-10-16-14-17(24)13-15(16)7-3-1-2-4-9-19(25)26-18/h1,3,5-6,10,13,15,18H,2,4,7-9,11-12,14H2/b3-1-,6-5-,16-10-/t15-,18-/m0/s1. The first-order chi connectivity index (χ1) is 12.3. The van der Waals surface area contributed by atoms with Crippen molar-refractivity contribution in [3.05, 3.63) is 45.6 Å². The van der Waals surface area contributed by atoms with E-state index < -0.39 is 18.7 Å². The van der Waals surface area contributed by atoms with Gasteiger partial charge in [0, 0.05) is 25.2 Å². The van der Waals surface area contributed by atoms with Crippen LogP contribution in [-0.2, 0) is 9.53 Å². The van der Waals surface area contributed by atoms with Crippen LogP contribution in [0, 0.1) is 5.92 Å². The van der Waals surface area contributed by atoms with Crippen molar-refractivity contribution >= 4 is 28.6 Å². The maximum absolute atomic E-state index is 12.2. The van der Waals surface area contributed by atoms with Gasteiger partial charge in [0.2, 0.25) is 0 Å². The quantitative estimate of drug-likeness (QED) is 0.259. The van der Waals surface area contributed by atoms with Crippen LogP contribution >= 0.6 is 22.6 Å². The summed E-state index contributed by atoms with van der Waals surface area (Å²) < 4.78 is 43.6. The van der Waals surface area contributed by atoms with Crippen LogP contribution in [-0.4, -0.2) is 18.2 Å². The van der Waals surface area contributed by atoms with E-state index in [1.807, 2.05) is 0 Å². The molecule has 2 nitrogen and oxygen atoms in total. The monoisotopic (exact) mass is 480 g/mol. The Hall–Kier alpha value is -1.05. The molecule has 2 rings (SSSR count). The Bertz CT molecular complexity index is 603. The average Bonchev–Trinajstić information content (AvgIpc) is 2.90. The molecule has 0 saturated carbocycles. The minimum atomic E-state index is -4.20. The van der Waals surface area contributed by atoms with Crippen molar-refractivity contribution in [2.45, 2.75) is 63.6 Å². The molecule has 1 aliphatic heterocycles. The number of hydrogen-bond acceptors (Lipinski definition) is 2. The van der Waals surface area contributed by atoms with Gasteiger partial charge in [-0.1, -0.05) is 42.0 Å². The first-order valence-electron chi connectivity index (χ1n) is 8.95. The highest BCUT2D eigenvalue weighted by Crippen LogP contribution is 2.36. The van der Waals surface area contributed by atoms with Crippen LogP contribution in [0.5, 0.6) is 0 Å². The predicted molar refractivity (Wildman–Crippen MR) is 105 cm³/mol. The van der Waals surface area contributed by atoms with Crippen molar-refractivity contribution in [2.75, 3.05) is 0 Å². The number of halogens is 4. The maximum Gasteiger partial charge on any atom is 0.392 e. The van der Waals surface area contributed by atoms with Crippen LogP contribution < -0.4 is 0 Å². The van der Waals surface area contributed by atoms with E-state index >= 15 is 0 Å². The van der Waals surface area contributed by atoms with Crippen molar-refractivity contribution in [1.82, 2.24) is 0 Å². The lowest BCUT2D eigenvalue weighted by atomic mass is 9.96. The molecular formula is C20H24F3IO2. The molecule has 0 aromatic heterocycles. The molecule has 0 amide bonds. The first kappa shape index (κ1) is 21.3. The van der Waals surface area contributed by atoms with E-state index in [1.54, 1.807) is 0 Å². The topological polar surface area (TPSA) is 26.3 Å². The van der Waals surface area contributed by atoms with Gasteiger partial charge in [-0.25, -0.2) is 0 Å². The van der Waals surface area contributed by atoms with E-state index in [0.717, 1.165) is 31.8 Å². The Morgan fingerprint density at radius 1 is 1.23 bits per heavy atom. The molecule has 2 atom stereocenters. The summed E-state index contributed by atoms with van der Waals surface area (Å²) >= 11 is 2.34. The SMILES string of the molecule is O=C1CCC/C=C\C[C@H]2C=C(I)C/C2=C/C[C@H](C/C=C\CC(F)(F)F)O1. The highest BCUT2D eigenvalue weighted by molar-refractivity contribution is 14.1. The molecule has 6 heteroatoms. The Morgan fingerprint density at radius 2 is 2.04 bits per heavy atom. The zero-order chi connectivity index (χ0) is 19.0. The van der Waals surface area contributed by atoms with Crippen LogP contribution in [0.3, 0.4) is 0 Å². The van der Waals surface area contributed by atoms with E-state index in [2.05, 4.69) is 46.9 Å². The molecule has 0 aromatic carbocycles. The number of alkyl halides is 3. The molecule has 1 heterocycles. The first-order valence-corrected chi connectivity index (χ1v) is 10.0. The van der Waals surface area contributed by atoms with Gasteiger partial charge >= 0.3 is 12.1 Å². The third-order valence-electron chi connectivity index (χ3n) is 4.40. The van der Waals surface area contributed by atoms with E-state index in [-0.39, 0.29) is 5.97 Å². The second kappa shape index (κ2) is 10.3. The largest absolute Gasteiger partial charge is 0.462 e. The molecule has 1 aliphatic carbocycles. The summed E-state index contributed by atoms with van der Waals surface area (Å²) in [5, 5.41) is 0. The smallest absolute Gasteiger partial charge is 0.392 e.